The Balaban J connectivity index is 2.45. The van der Waals surface area contributed by atoms with Crippen molar-refractivity contribution in [3.05, 3.63) is 12.2 Å². The molecule has 3 heteroatoms. The molecule has 1 aliphatic rings. The largest absolute Gasteiger partial charge is 0.378 e. The van der Waals surface area contributed by atoms with Crippen LogP contribution in [0.1, 0.15) is 6.92 Å². The highest BCUT2D eigenvalue weighted by molar-refractivity contribution is 7.80. The topological polar surface area (TPSA) is 12.5 Å². The Bertz CT molecular complexity index is 173. The highest BCUT2D eigenvalue weighted by Crippen LogP contribution is 2.04. The first-order valence-corrected chi connectivity index (χ1v) is 4.15. The Morgan fingerprint density at radius 3 is 2.45 bits per heavy atom. The van der Waals surface area contributed by atoms with Crippen LogP contribution in [0.2, 0.25) is 0 Å². The number of hydrogen-bond donors (Lipinski definition) is 0. The van der Waals surface area contributed by atoms with Gasteiger partial charge in [0.1, 0.15) is 4.99 Å². The summed E-state index contributed by atoms with van der Waals surface area (Å²) in [4.78, 5) is 3.02. The van der Waals surface area contributed by atoms with Gasteiger partial charge in [0, 0.05) is 13.1 Å². The first-order valence-electron chi connectivity index (χ1n) is 3.74. The Morgan fingerprint density at radius 2 is 2.00 bits per heavy atom. The molecule has 0 aliphatic carbocycles. The lowest BCUT2D eigenvalue weighted by Gasteiger charge is -2.29. The Labute approximate surface area is 72.8 Å². The first kappa shape index (κ1) is 8.68. The molecular weight excluding hydrogens is 158 g/mol. The maximum Gasteiger partial charge on any atom is 0.104 e. The van der Waals surface area contributed by atoms with Gasteiger partial charge in [-0.15, -0.1) is 0 Å². The van der Waals surface area contributed by atoms with E-state index in [4.69, 9.17) is 17.0 Å². The van der Waals surface area contributed by atoms with Crippen LogP contribution in [0.4, 0.5) is 0 Å². The second kappa shape index (κ2) is 3.83. The lowest BCUT2D eigenvalue weighted by Crippen LogP contribution is -2.40. The third-order valence-electron chi connectivity index (χ3n) is 1.66. The highest BCUT2D eigenvalue weighted by Gasteiger charge is 2.12. The van der Waals surface area contributed by atoms with Gasteiger partial charge in [0.15, 0.2) is 0 Å². The fourth-order valence-corrected chi connectivity index (χ4v) is 1.22. The van der Waals surface area contributed by atoms with Crippen LogP contribution in [0.25, 0.3) is 0 Å². The predicted molar refractivity (Wildman–Crippen MR) is 49.8 cm³/mol. The molecule has 0 amide bonds. The minimum atomic E-state index is 0.785. The third-order valence-corrected chi connectivity index (χ3v) is 2.27. The van der Waals surface area contributed by atoms with Gasteiger partial charge < -0.3 is 9.64 Å². The Hall–Kier alpha value is -0.410. The van der Waals surface area contributed by atoms with Crippen LogP contribution in [0.3, 0.4) is 0 Å². The molecule has 0 N–H and O–H groups in total. The van der Waals surface area contributed by atoms with Gasteiger partial charge in [-0.1, -0.05) is 18.8 Å². The molecule has 0 atom stereocenters. The first-order chi connectivity index (χ1) is 5.22. The second-order valence-corrected chi connectivity index (χ2v) is 3.07. The van der Waals surface area contributed by atoms with Crippen molar-refractivity contribution in [2.75, 3.05) is 26.3 Å². The lowest BCUT2D eigenvalue weighted by molar-refractivity contribution is 0.0692. The van der Waals surface area contributed by atoms with Crippen molar-refractivity contribution in [3.63, 3.8) is 0 Å². The number of thiocarbonyl (C=S) groups is 1. The number of morpholine rings is 1. The van der Waals surface area contributed by atoms with Gasteiger partial charge in [0.2, 0.25) is 0 Å². The van der Waals surface area contributed by atoms with Gasteiger partial charge in [0.05, 0.1) is 13.2 Å². The summed E-state index contributed by atoms with van der Waals surface area (Å²) in [6.45, 7) is 9.14. The molecule has 2 nitrogen and oxygen atoms in total. The SMILES string of the molecule is C=C(C)C(=S)N1CCOCC1. The van der Waals surface area contributed by atoms with Gasteiger partial charge in [-0.2, -0.15) is 0 Å². The average molecular weight is 171 g/mol. The van der Waals surface area contributed by atoms with Gasteiger partial charge in [0.25, 0.3) is 0 Å². The van der Waals surface area contributed by atoms with Crippen LogP contribution < -0.4 is 0 Å². The zero-order valence-electron chi connectivity index (χ0n) is 6.80. The molecule has 0 bridgehead atoms. The summed E-state index contributed by atoms with van der Waals surface area (Å²) >= 11 is 5.17. The summed E-state index contributed by atoms with van der Waals surface area (Å²) < 4.78 is 5.20. The maximum atomic E-state index is 5.20. The van der Waals surface area contributed by atoms with Crippen molar-refractivity contribution in [1.29, 1.82) is 0 Å². The zero-order valence-corrected chi connectivity index (χ0v) is 7.62. The molecule has 0 aromatic carbocycles. The Morgan fingerprint density at radius 1 is 1.45 bits per heavy atom. The third kappa shape index (κ3) is 2.27. The van der Waals surface area contributed by atoms with Gasteiger partial charge in [-0.05, 0) is 12.5 Å². The minimum Gasteiger partial charge on any atom is -0.378 e. The molecule has 11 heavy (non-hydrogen) atoms. The number of nitrogens with zero attached hydrogens (tertiary/aromatic N) is 1. The highest BCUT2D eigenvalue weighted by atomic mass is 32.1. The van der Waals surface area contributed by atoms with E-state index in [0.717, 1.165) is 36.9 Å². The van der Waals surface area contributed by atoms with E-state index in [1.165, 1.54) is 0 Å². The molecule has 0 saturated carbocycles. The van der Waals surface area contributed by atoms with Crippen molar-refractivity contribution in [1.82, 2.24) is 4.90 Å². The summed E-state index contributed by atoms with van der Waals surface area (Å²) in [5.74, 6) is 0. The molecule has 0 unspecified atom stereocenters. The standard InChI is InChI=1S/C8H13NOS/c1-7(2)8(11)9-3-5-10-6-4-9/h1,3-6H2,2H3. The molecule has 1 fully saturated rings. The normalized spacial score (nSPS) is 18.1. The van der Waals surface area contributed by atoms with Crippen LogP contribution in [0.15, 0.2) is 12.2 Å². The Kier molecular flexibility index (Phi) is 3.02. The molecule has 0 aromatic rings. The quantitative estimate of drug-likeness (QED) is 0.435. The van der Waals surface area contributed by atoms with Crippen LogP contribution in [-0.4, -0.2) is 36.2 Å². The van der Waals surface area contributed by atoms with E-state index < -0.39 is 0 Å². The molecule has 1 saturated heterocycles. The number of rotatable bonds is 1. The summed E-state index contributed by atoms with van der Waals surface area (Å²) in [7, 11) is 0. The van der Waals surface area contributed by atoms with Crippen molar-refractivity contribution in [2.24, 2.45) is 0 Å². The van der Waals surface area contributed by atoms with E-state index >= 15 is 0 Å². The predicted octanol–water partition coefficient (Wildman–Crippen LogP) is 1.22. The average Bonchev–Trinajstić information content (AvgIpc) is 2.05. The van der Waals surface area contributed by atoms with Gasteiger partial charge in [-0.3, -0.25) is 0 Å². The van der Waals surface area contributed by atoms with Gasteiger partial charge in [-0.25, -0.2) is 0 Å². The molecule has 0 aromatic heterocycles. The van der Waals surface area contributed by atoms with Crippen molar-refractivity contribution >= 4 is 17.2 Å². The fraction of sp³-hybridized carbons (Fsp3) is 0.625. The maximum absolute atomic E-state index is 5.20. The minimum absolute atomic E-state index is 0.785. The summed E-state index contributed by atoms with van der Waals surface area (Å²) in [6, 6.07) is 0. The summed E-state index contributed by atoms with van der Waals surface area (Å²) in [6.07, 6.45) is 0. The van der Waals surface area contributed by atoms with Crippen LogP contribution >= 0.6 is 12.2 Å². The molecular formula is C8H13NOS. The lowest BCUT2D eigenvalue weighted by atomic mass is 10.3. The molecule has 62 valence electrons. The summed E-state index contributed by atoms with van der Waals surface area (Å²) in [5, 5.41) is 0. The number of ether oxygens (including phenoxy) is 1. The second-order valence-electron chi connectivity index (χ2n) is 2.68. The van der Waals surface area contributed by atoms with E-state index in [0.29, 0.717) is 0 Å². The van der Waals surface area contributed by atoms with Crippen LogP contribution in [0.5, 0.6) is 0 Å². The molecule has 1 rings (SSSR count). The van der Waals surface area contributed by atoms with Crippen molar-refractivity contribution < 1.29 is 4.74 Å². The molecule has 0 radical (unpaired) electrons. The smallest absolute Gasteiger partial charge is 0.104 e. The molecule has 1 heterocycles. The van der Waals surface area contributed by atoms with Crippen molar-refractivity contribution in [3.8, 4) is 0 Å². The van der Waals surface area contributed by atoms with E-state index in [2.05, 4.69) is 11.5 Å². The van der Waals surface area contributed by atoms with Gasteiger partial charge >= 0.3 is 0 Å². The zero-order chi connectivity index (χ0) is 8.27. The van der Waals surface area contributed by atoms with E-state index in [9.17, 15) is 0 Å². The number of hydrogen-bond acceptors (Lipinski definition) is 2. The monoisotopic (exact) mass is 171 g/mol. The fourth-order valence-electron chi connectivity index (χ4n) is 1.04. The molecule has 0 spiro atoms. The summed E-state index contributed by atoms with van der Waals surface area (Å²) in [5.41, 5.74) is 0.974. The van der Waals surface area contributed by atoms with Crippen LogP contribution in [0, 0.1) is 0 Å². The van der Waals surface area contributed by atoms with E-state index in [1.54, 1.807) is 0 Å². The molecule has 1 aliphatic heterocycles. The van der Waals surface area contributed by atoms with E-state index in [-0.39, 0.29) is 0 Å². The van der Waals surface area contributed by atoms with Crippen molar-refractivity contribution in [2.45, 2.75) is 6.92 Å². The van der Waals surface area contributed by atoms with Crippen LogP contribution in [-0.2, 0) is 4.74 Å². The van der Waals surface area contributed by atoms with E-state index in [1.807, 2.05) is 6.92 Å².